The zero-order valence-electron chi connectivity index (χ0n) is 9.92. The van der Waals surface area contributed by atoms with Crippen molar-refractivity contribution in [2.24, 2.45) is 0 Å². The fourth-order valence-electron chi connectivity index (χ4n) is 1.52. The predicted octanol–water partition coefficient (Wildman–Crippen LogP) is 3.22. The van der Waals surface area contributed by atoms with Gasteiger partial charge in [0.1, 0.15) is 5.01 Å². The Labute approximate surface area is 125 Å². The molecule has 0 saturated heterocycles. The van der Waals surface area contributed by atoms with Gasteiger partial charge in [0, 0.05) is 15.5 Å². The summed E-state index contributed by atoms with van der Waals surface area (Å²) >= 11 is 4.69. The molecular formula is C12H10BrNO3S2. The Bertz CT molecular complexity index is 654. The van der Waals surface area contributed by atoms with Crippen molar-refractivity contribution >= 4 is 44.0 Å². The summed E-state index contributed by atoms with van der Waals surface area (Å²) in [6.45, 7) is 1.87. The SMILES string of the molecule is Cc1csc(CS(=O)c2cc(Br)ccc2C(=O)O)n1. The van der Waals surface area contributed by atoms with E-state index >= 15 is 0 Å². The smallest absolute Gasteiger partial charge is 0.336 e. The number of aromatic nitrogens is 1. The van der Waals surface area contributed by atoms with Crippen LogP contribution in [0.5, 0.6) is 0 Å². The second-order valence-corrected chi connectivity index (χ2v) is 7.10. The molecule has 100 valence electrons. The molecule has 0 aliphatic heterocycles. The van der Waals surface area contributed by atoms with Gasteiger partial charge >= 0.3 is 5.97 Å². The quantitative estimate of drug-likeness (QED) is 0.909. The molecule has 0 amide bonds. The minimum Gasteiger partial charge on any atom is -0.478 e. The number of thiazole rings is 1. The van der Waals surface area contributed by atoms with Crippen LogP contribution in [0.15, 0.2) is 32.9 Å². The molecule has 2 aromatic rings. The molecular weight excluding hydrogens is 350 g/mol. The highest BCUT2D eigenvalue weighted by molar-refractivity contribution is 9.10. The number of aromatic carboxylic acids is 1. The van der Waals surface area contributed by atoms with Crippen molar-refractivity contribution in [2.75, 3.05) is 0 Å². The van der Waals surface area contributed by atoms with Gasteiger partial charge in [-0.15, -0.1) is 11.3 Å². The normalized spacial score (nSPS) is 12.3. The number of hydrogen-bond acceptors (Lipinski definition) is 4. The minimum absolute atomic E-state index is 0.0646. The van der Waals surface area contributed by atoms with E-state index in [1.807, 2.05) is 12.3 Å². The summed E-state index contributed by atoms with van der Waals surface area (Å²) in [5.74, 6) is -0.846. The maximum atomic E-state index is 12.3. The Balaban J connectivity index is 2.32. The van der Waals surface area contributed by atoms with E-state index in [1.165, 1.54) is 17.4 Å². The van der Waals surface area contributed by atoms with Gasteiger partial charge in [-0.05, 0) is 25.1 Å². The van der Waals surface area contributed by atoms with E-state index < -0.39 is 16.8 Å². The predicted molar refractivity (Wildman–Crippen MR) is 78.1 cm³/mol. The van der Waals surface area contributed by atoms with Crippen molar-refractivity contribution in [1.82, 2.24) is 4.98 Å². The number of carboxylic acid groups (broad SMARTS) is 1. The Kier molecular flexibility index (Phi) is 4.49. The van der Waals surface area contributed by atoms with Crippen LogP contribution >= 0.6 is 27.3 Å². The van der Waals surface area contributed by atoms with Gasteiger partial charge in [0.15, 0.2) is 0 Å². The molecule has 7 heteroatoms. The van der Waals surface area contributed by atoms with Crippen LogP contribution in [-0.2, 0) is 16.6 Å². The molecule has 4 nitrogen and oxygen atoms in total. The Hall–Kier alpha value is -1.05. The van der Waals surface area contributed by atoms with Crippen molar-refractivity contribution in [1.29, 1.82) is 0 Å². The molecule has 0 bridgehead atoms. The van der Waals surface area contributed by atoms with Gasteiger partial charge in [-0.2, -0.15) is 0 Å². The van der Waals surface area contributed by atoms with Crippen molar-refractivity contribution in [3.8, 4) is 0 Å². The largest absolute Gasteiger partial charge is 0.478 e. The lowest BCUT2D eigenvalue weighted by atomic mass is 10.2. The van der Waals surface area contributed by atoms with E-state index in [4.69, 9.17) is 5.11 Å². The molecule has 2 rings (SSSR count). The first-order valence-corrected chi connectivity index (χ1v) is 8.29. The summed E-state index contributed by atoms with van der Waals surface area (Å²) in [6, 6.07) is 4.66. The highest BCUT2D eigenvalue weighted by atomic mass is 79.9. The first kappa shape index (κ1) is 14.4. The summed E-state index contributed by atoms with van der Waals surface area (Å²) < 4.78 is 13.0. The third kappa shape index (κ3) is 3.49. The third-order valence-corrected chi connectivity index (χ3v) is 5.35. The lowest BCUT2D eigenvalue weighted by Gasteiger charge is -2.05. The summed E-state index contributed by atoms with van der Waals surface area (Å²) in [7, 11) is -1.43. The minimum atomic E-state index is -1.43. The van der Waals surface area contributed by atoms with E-state index in [2.05, 4.69) is 20.9 Å². The Morgan fingerprint density at radius 2 is 2.26 bits per heavy atom. The maximum Gasteiger partial charge on any atom is 0.336 e. The fraction of sp³-hybridized carbons (Fsp3) is 0.167. The van der Waals surface area contributed by atoms with E-state index in [9.17, 15) is 9.00 Å². The zero-order valence-corrected chi connectivity index (χ0v) is 13.1. The number of aryl methyl sites for hydroxylation is 1. The summed E-state index contributed by atoms with van der Waals surface area (Å²) in [4.78, 5) is 15.7. The van der Waals surface area contributed by atoms with E-state index in [-0.39, 0.29) is 11.3 Å². The average Bonchev–Trinajstić information content (AvgIpc) is 2.74. The van der Waals surface area contributed by atoms with Crippen LogP contribution in [0.4, 0.5) is 0 Å². The van der Waals surface area contributed by atoms with Crippen LogP contribution in [0.3, 0.4) is 0 Å². The molecule has 0 aliphatic carbocycles. The second-order valence-electron chi connectivity index (χ2n) is 3.82. The lowest BCUT2D eigenvalue weighted by Crippen LogP contribution is -2.06. The molecule has 0 radical (unpaired) electrons. The molecule has 1 heterocycles. The standard InChI is InChI=1S/C12H10BrNO3S2/c1-7-5-18-11(14-7)6-19(17)10-4-8(13)2-3-9(10)12(15)16/h2-5H,6H2,1H3,(H,15,16). The van der Waals surface area contributed by atoms with Crippen LogP contribution < -0.4 is 0 Å². The summed E-state index contributed by atoms with van der Waals surface area (Å²) in [5, 5.41) is 11.7. The molecule has 1 unspecified atom stereocenters. The molecule has 0 spiro atoms. The number of rotatable bonds is 4. The first-order valence-electron chi connectivity index (χ1n) is 5.29. The van der Waals surface area contributed by atoms with Gasteiger partial charge in [-0.25, -0.2) is 9.78 Å². The maximum absolute atomic E-state index is 12.3. The molecule has 19 heavy (non-hydrogen) atoms. The zero-order chi connectivity index (χ0) is 14.0. The highest BCUT2D eigenvalue weighted by Gasteiger charge is 2.17. The number of halogens is 1. The van der Waals surface area contributed by atoms with Crippen LogP contribution in [0.2, 0.25) is 0 Å². The van der Waals surface area contributed by atoms with Gasteiger partial charge in [-0.1, -0.05) is 15.9 Å². The second kappa shape index (κ2) is 5.94. The Morgan fingerprint density at radius 1 is 1.53 bits per heavy atom. The van der Waals surface area contributed by atoms with Crippen LogP contribution in [0, 0.1) is 6.92 Å². The van der Waals surface area contributed by atoms with Crippen molar-refractivity contribution in [2.45, 2.75) is 17.6 Å². The summed E-state index contributed by atoms with van der Waals surface area (Å²) in [6.07, 6.45) is 0. The topological polar surface area (TPSA) is 67.3 Å². The number of nitrogens with zero attached hydrogens (tertiary/aromatic N) is 1. The van der Waals surface area contributed by atoms with E-state index in [0.29, 0.717) is 9.37 Å². The fourth-order valence-corrected chi connectivity index (χ4v) is 4.29. The van der Waals surface area contributed by atoms with Gasteiger partial charge in [0.25, 0.3) is 0 Å². The van der Waals surface area contributed by atoms with Crippen molar-refractivity contribution < 1.29 is 14.1 Å². The van der Waals surface area contributed by atoms with Crippen LogP contribution in [-0.4, -0.2) is 20.3 Å². The van der Waals surface area contributed by atoms with Crippen molar-refractivity contribution in [3.63, 3.8) is 0 Å². The monoisotopic (exact) mass is 359 g/mol. The van der Waals surface area contributed by atoms with Crippen LogP contribution in [0.25, 0.3) is 0 Å². The van der Waals surface area contributed by atoms with E-state index in [1.54, 1.807) is 12.1 Å². The molecule has 1 aromatic heterocycles. The number of hydrogen-bond donors (Lipinski definition) is 1. The molecule has 0 aliphatic rings. The van der Waals surface area contributed by atoms with Gasteiger partial charge < -0.3 is 5.11 Å². The third-order valence-electron chi connectivity index (χ3n) is 2.34. The molecule has 0 fully saturated rings. The average molecular weight is 360 g/mol. The van der Waals surface area contributed by atoms with E-state index in [0.717, 1.165) is 10.7 Å². The highest BCUT2D eigenvalue weighted by Crippen LogP contribution is 2.23. The lowest BCUT2D eigenvalue weighted by molar-refractivity contribution is 0.0693. The van der Waals surface area contributed by atoms with Gasteiger partial charge in [0.05, 0.1) is 27.0 Å². The molecule has 0 saturated carbocycles. The molecule has 1 N–H and O–H groups in total. The molecule has 1 atom stereocenters. The summed E-state index contributed by atoms with van der Waals surface area (Å²) in [5.41, 5.74) is 0.944. The molecule has 1 aromatic carbocycles. The Morgan fingerprint density at radius 3 is 2.84 bits per heavy atom. The van der Waals surface area contributed by atoms with Crippen LogP contribution in [0.1, 0.15) is 21.1 Å². The van der Waals surface area contributed by atoms with Gasteiger partial charge in [-0.3, -0.25) is 4.21 Å². The number of carbonyl (C=O) groups is 1. The van der Waals surface area contributed by atoms with Crippen molar-refractivity contribution in [3.05, 3.63) is 44.3 Å². The number of benzene rings is 1. The first-order chi connectivity index (χ1) is 8.97. The van der Waals surface area contributed by atoms with Gasteiger partial charge in [0.2, 0.25) is 0 Å². The number of carboxylic acids is 1.